The third-order valence-corrected chi connectivity index (χ3v) is 11.0. The molecule has 3 atom stereocenters. The highest BCUT2D eigenvalue weighted by Gasteiger charge is 2.53. The second-order valence-electron chi connectivity index (χ2n) is 8.84. The van der Waals surface area contributed by atoms with E-state index in [9.17, 15) is 5.11 Å². The van der Waals surface area contributed by atoms with Crippen LogP contribution in [0.1, 0.15) is 40.5 Å². The van der Waals surface area contributed by atoms with Gasteiger partial charge in [-0.15, -0.1) is 0 Å². The molecule has 1 saturated carbocycles. The zero-order valence-corrected chi connectivity index (χ0v) is 18.0. The molecule has 0 aliphatic heterocycles. The first-order valence-electron chi connectivity index (χ1n) is 9.89. The largest absolute Gasteiger partial charge is 0.402 e. The van der Waals surface area contributed by atoms with Crippen molar-refractivity contribution in [1.29, 1.82) is 0 Å². The van der Waals surface area contributed by atoms with Gasteiger partial charge in [-0.1, -0.05) is 93.6 Å². The summed E-state index contributed by atoms with van der Waals surface area (Å²) in [6.07, 6.45) is 1.19. The van der Waals surface area contributed by atoms with E-state index in [1.54, 1.807) is 0 Å². The summed E-state index contributed by atoms with van der Waals surface area (Å²) >= 11 is 0. The highest BCUT2D eigenvalue weighted by atomic mass is 28.4. The van der Waals surface area contributed by atoms with E-state index < -0.39 is 14.4 Å². The maximum atomic E-state index is 11.0. The lowest BCUT2D eigenvalue weighted by atomic mass is 9.98. The van der Waals surface area contributed by atoms with Crippen LogP contribution in [-0.2, 0) is 4.43 Å². The van der Waals surface area contributed by atoms with Gasteiger partial charge in [0, 0.05) is 5.92 Å². The molecule has 27 heavy (non-hydrogen) atoms. The van der Waals surface area contributed by atoms with Gasteiger partial charge >= 0.3 is 0 Å². The average Bonchev–Trinajstić information content (AvgIpc) is 3.00. The van der Waals surface area contributed by atoms with Crippen molar-refractivity contribution in [3.63, 3.8) is 0 Å². The lowest BCUT2D eigenvalue weighted by molar-refractivity contribution is 0.0372. The number of rotatable bonds is 5. The molecule has 0 aromatic heterocycles. The van der Waals surface area contributed by atoms with E-state index in [4.69, 9.17) is 4.43 Å². The summed E-state index contributed by atoms with van der Waals surface area (Å²) in [4.78, 5) is 0. The number of benzene rings is 2. The van der Waals surface area contributed by atoms with Crippen molar-refractivity contribution in [1.82, 2.24) is 0 Å². The fraction of sp³-hybridized carbons (Fsp3) is 0.417. The molecule has 0 unspecified atom stereocenters. The standard InChI is InChI=1S/C24H32O2Si/c1-18(2)21-16-17-22(23(21)25)26-27(24(3,4)5,19-12-8-6-9-13-19)20-14-10-7-11-15-20/h6-15,21-23,25H,1,16-17H2,2-5H3/t21-,22+,23+/m0/s1. The molecule has 1 aliphatic carbocycles. The van der Waals surface area contributed by atoms with Gasteiger partial charge < -0.3 is 9.53 Å². The minimum Gasteiger partial charge on any atom is -0.402 e. The van der Waals surface area contributed by atoms with Crippen LogP contribution in [0.2, 0.25) is 5.04 Å². The summed E-state index contributed by atoms with van der Waals surface area (Å²) in [5, 5.41) is 13.4. The molecule has 1 aliphatic rings. The molecule has 2 aromatic carbocycles. The van der Waals surface area contributed by atoms with Crippen LogP contribution in [0.5, 0.6) is 0 Å². The first-order valence-corrected chi connectivity index (χ1v) is 11.8. The molecule has 3 heteroatoms. The van der Waals surface area contributed by atoms with Crippen LogP contribution in [0.3, 0.4) is 0 Å². The zero-order chi connectivity index (χ0) is 19.7. The minimum absolute atomic E-state index is 0.0727. The van der Waals surface area contributed by atoms with Crippen molar-refractivity contribution in [2.75, 3.05) is 0 Å². The highest BCUT2D eigenvalue weighted by molar-refractivity contribution is 6.99. The van der Waals surface area contributed by atoms with Crippen molar-refractivity contribution < 1.29 is 9.53 Å². The summed E-state index contributed by atoms with van der Waals surface area (Å²) < 4.78 is 7.08. The van der Waals surface area contributed by atoms with Gasteiger partial charge in [-0.2, -0.15) is 0 Å². The van der Waals surface area contributed by atoms with Gasteiger partial charge in [-0.05, 0) is 35.2 Å². The second-order valence-corrected chi connectivity index (χ2v) is 13.1. The molecule has 0 saturated heterocycles. The van der Waals surface area contributed by atoms with E-state index in [0.29, 0.717) is 0 Å². The fourth-order valence-corrected chi connectivity index (χ4v) is 9.26. The number of hydrogen-bond donors (Lipinski definition) is 1. The van der Waals surface area contributed by atoms with Gasteiger partial charge in [-0.25, -0.2) is 0 Å². The van der Waals surface area contributed by atoms with E-state index in [0.717, 1.165) is 18.4 Å². The lowest BCUT2D eigenvalue weighted by Crippen LogP contribution is -2.68. The summed E-state index contributed by atoms with van der Waals surface area (Å²) in [5.41, 5.74) is 1.05. The molecule has 2 nitrogen and oxygen atoms in total. The Morgan fingerprint density at radius 3 is 1.81 bits per heavy atom. The predicted molar refractivity (Wildman–Crippen MR) is 116 cm³/mol. The normalized spacial score (nSPS) is 23.4. The number of aliphatic hydroxyl groups excluding tert-OH is 1. The third kappa shape index (κ3) is 3.69. The maximum Gasteiger partial charge on any atom is 0.261 e. The van der Waals surface area contributed by atoms with Crippen molar-refractivity contribution in [2.24, 2.45) is 5.92 Å². The monoisotopic (exact) mass is 380 g/mol. The van der Waals surface area contributed by atoms with Crippen LogP contribution in [0, 0.1) is 5.92 Å². The third-order valence-electron chi connectivity index (χ3n) is 5.93. The molecule has 0 radical (unpaired) electrons. The van der Waals surface area contributed by atoms with E-state index in [-0.39, 0.29) is 17.1 Å². The Kier molecular flexibility index (Phi) is 5.75. The Bertz CT molecular complexity index is 724. The van der Waals surface area contributed by atoms with Crippen LogP contribution in [0.4, 0.5) is 0 Å². The quantitative estimate of drug-likeness (QED) is 0.620. The van der Waals surface area contributed by atoms with Crippen LogP contribution in [0.25, 0.3) is 0 Å². The Morgan fingerprint density at radius 1 is 0.963 bits per heavy atom. The van der Waals surface area contributed by atoms with Gasteiger partial charge in [0.25, 0.3) is 8.32 Å². The molecule has 2 aromatic rings. The van der Waals surface area contributed by atoms with E-state index in [2.05, 4.69) is 88.0 Å². The van der Waals surface area contributed by atoms with Crippen molar-refractivity contribution in [3.05, 3.63) is 72.8 Å². The topological polar surface area (TPSA) is 29.5 Å². The number of hydrogen-bond acceptors (Lipinski definition) is 2. The summed E-state index contributed by atoms with van der Waals surface area (Å²) in [7, 11) is -2.61. The Balaban J connectivity index is 2.12. The van der Waals surface area contributed by atoms with Crippen LogP contribution in [-0.4, -0.2) is 25.6 Å². The van der Waals surface area contributed by atoms with Crippen molar-refractivity contribution >= 4 is 18.7 Å². The van der Waals surface area contributed by atoms with E-state index in [1.165, 1.54) is 10.4 Å². The molecule has 0 bridgehead atoms. The lowest BCUT2D eigenvalue weighted by Gasteiger charge is -2.45. The minimum atomic E-state index is -2.61. The zero-order valence-electron chi connectivity index (χ0n) is 17.0. The average molecular weight is 381 g/mol. The molecular weight excluding hydrogens is 348 g/mol. The second kappa shape index (κ2) is 7.74. The Hall–Kier alpha value is -1.68. The van der Waals surface area contributed by atoms with E-state index in [1.807, 2.05) is 6.92 Å². The summed E-state index contributed by atoms with van der Waals surface area (Å²) in [5.74, 6) is 0.133. The SMILES string of the molecule is C=C(C)[C@@H]1CC[C@@H](O[Si](c2ccccc2)(c2ccccc2)C(C)(C)C)[C@@H]1O. The Morgan fingerprint density at radius 2 is 1.44 bits per heavy atom. The van der Waals surface area contributed by atoms with Crippen LogP contribution >= 0.6 is 0 Å². The summed E-state index contributed by atoms with van der Waals surface area (Å²) in [6, 6.07) is 21.3. The molecule has 0 spiro atoms. The molecule has 1 N–H and O–H groups in total. The van der Waals surface area contributed by atoms with Crippen LogP contribution in [0.15, 0.2) is 72.8 Å². The van der Waals surface area contributed by atoms with Gasteiger partial charge in [0.15, 0.2) is 0 Å². The van der Waals surface area contributed by atoms with Gasteiger partial charge in [0.2, 0.25) is 0 Å². The molecule has 0 amide bonds. The van der Waals surface area contributed by atoms with Gasteiger partial charge in [0.05, 0.1) is 12.2 Å². The highest BCUT2D eigenvalue weighted by Crippen LogP contribution is 2.41. The van der Waals surface area contributed by atoms with E-state index >= 15 is 0 Å². The van der Waals surface area contributed by atoms with Gasteiger partial charge in [0.1, 0.15) is 0 Å². The molecule has 0 heterocycles. The molecule has 1 fully saturated rings. The predicted octanol–water partition coefficient (Wildman–Crippen LogP) is 4.28. The first-order chi connectivity index (χ1) is 12.8. The van der Waals surface area contributed by atoms with Crippen LogP contribution < -0.4 is 10.4 Å². The smallest absolute Gasteiger partial charge is 0.261 e. The van der Waals surface area contributed by atoms with Crippen molar-refractivity contribution in [3.8, 4) is 0 Å². The fourth-order valence-electron chi connectivity index (χ4n) is 4.53. The maximum absolute atomic E-state index is 11.0. The number of aliphatic hydroxyl groups is 1. The molecule has 3 rings (SSSR count). The van der Waals surface area contributed by atoms with Crippen molar-refractivity contribution in [2.45, 2.75) is 57.8 Å². The molecular formula is C24H32O2Si. The summed E-state index contributed by atoms with van der Waals surface area (Å²) in [6.45, 7) is 12.9. The van der Waals surface area contributed by atoms with Gasteiger partial charge in [-0.3, -0.25) is 0 Å². The molecule has 144 valence electrons. The first kappa shape index (κ1) is 20.1. The Labute approximate surface area is 165 Å².